The van der Waals surface area contributed by atoms with E-state index in [0.717, 1.165) is 23.3 Å². The smallest absolute Gasteiger partial charge is 0.232 e. The van der Waals surface area contributed by atoms with Gasteiger partial charge in [0.2, 0.25) is 5.91 Å². The van der Waals surface area contributed by atoms with Crippen molar-refractivity contribution in [1.29, 1.82) is 5.26 Å². The molecule has 1 aliphatic rings. The number of nitrogens with two attached hydrogens (primary N) is 1. The molecule has 3 aromatic carbocycles. The predicted molar refractivity (Wildman–Crippen MR) is 142 cm³/mol. The van der Waals surface area contributed by atoms with Crippen LogP contribution in [0.5, 0.6) is 5.75 Å². The number of ether oxygens (including phenoxy) is 1. The first-order valence-electron chi connectivity index (χ1n) is 12.9. The van der Waals surface area contributed by atoms with Crippen LogP contribution >= 0.6 is 0 Å². The van der Waals surface area contributed by atoms with Gasteiger partial charge in [-0.25, -0.2) is 8.78 Å². The second-order valence-corrected chi connectivity index (χ2v) is 10.5. The van der Waals surface area contributed by atoms with E-state index in [4.69, 9.17) is 15.7 Å². The first-order chi connectivity index (χ1) is 18.2. The molecular weight excluding hydrogens is 484 g/mol. The SMILES string of the molecule is CC(C)(CCC(C(N)=O)(c1ccccc1)c1ccccc1)N1CCC(Oc2cc(F)c(C#N)cc2F)CC1. The lowest BCUT2D eigenvalue weighted by Crippen LogP contribution is -2.51. The third-order valence-electron chi connectivity index (χ3n) is 7.80. The number of carbonyl (C=O) groups is 1. The van der Waals surface area contributed by atoms with Crippen LogP contribution in [-0.4, -0.2) is 35.5 Å². The number of amides is 1. The van der Waals surface area contributed by atoms with Gasteiger partial charge in [0.25, 0.3) is 0 Å². The first kappa shape index (κ1) is 27.3. The molecule has 1 aliphatic heterocycles. The molecule has 1 fully saturated rings. The molecule has 0 aliphatic carbocycles. The van der Waals surface area contributed by atoms with E-state index in [0.29, 0.717) is 38.8 Å². The zero-order valence-electron chi connectivity index (χ0n) is 21.8. The molecule has 0 saturated carbocycles. The summed E-state index contributed by atoms with van der Waals surface area (Å²) in [5.41, 5.74) is 6.33. The van der Waals surface area contributed by atoms with Gasteiger partial charge in [0.15, 0.2) is 11.6 Å². The number of nitriles is 1. The van der Waals surface area contributed by atoms with E-state index in [9.17, 15) is 13.6 Å². The maximum Gasteiger partial charge on any atom is 0.232 e. The summed E-state index contributed by atoms with van der Waals surface area (Å²) in [6.07, 6.45) is 2.27. The van der Waals surface area contributed by atoms with Crippen LogP contribution in [-0.2, 0) is 10.2 Å². The van der Waals surface area contributed by atoms with Gasteiger partial charge in [-0.1, -0.05) is 60.7 Å². The molecular formula is C31H33F2N3O2. The molecule has 4 rings (SSSR count). The second kappa shape index (κ2) is 11.3. The Bertz CT molecular complexity index is 1260. The molecule has 0 unspecified atom stereocenters. The van der Waals surface area contributed by atoms with Gasteiger partial charge in [0.05, 0.1) is 11.0 Å². The molecule has 1 saturated heterocycles. The fraction of sp³-hybridized carbons (Fsp3) is 0.355. The van der Waals surface area contributed by atoms with E-state index >= 15 is 0 Å². The molecule has 198 valence electrons. The lowest BCUT2D eigenvalue weighted by molar-refractivity contribution is -0.122. The molecule has 3 aromatic rings. The Morgan fingerprint density at radius 1 is 0.974 bits per heavy atom. The van der Waals surface area contributed by atoms with Crippen LogP contribution in [0, 0.1) is 23.0 Å². The maximum atomic E-state index is 14.3. The quantitative estimate of drug-likeness (QED) is 0.394. The molecule has 5 nitrogen and oxygen atoms in total. The van der Waals surface area contributed by atoms with Crippen LogP contribution in [0.2, 0.25) is 0 Å². The molecule has 7 heteroatoms. The standard InChI is InChI=1S/C31H33F2N3O2/c1-30(2,36-17-13-25(14-18-36)38-28-20-26(32)22(21-34)19-27(28)33)15-16-31(29(35)37,23-9-5-3-6-10-23)24-11-7-4-8-12-24/h3-12,19-20,25H,13-18H2,1-2H3,(H2,35,37). The normalized spacial score (nSPS) is 15.1. The van der Waals surface area contributed by atoms with Gasteiger partial charge in [-0.3, -0.25) is 9.69 Å². The summed E-state index contributed by atoms with van der Waals surface area (Å²) in [4.78, 5) is 15.5. The average molecular weight is 518 g/mol. The Morgan fingerprint density at radius 3 is 2.03 bits per heavy atom. The molecule has 1 amide bonds. The monoisotopic (exact) mass is 517 g/mol. The third-order valence-corrected chi connectivity index (χ3v) is 7.80. The summed E-state index contributed by atoms with van der Waals surface area (Å²) in [5, 5.41) is 8.89. The van der Waals surface area contributed by atoms with Gasteiger partial charge >= 0.3 is 0 Å². The number of primary amides is 1. The van der Waals surface area contributed by atoms with Crippen molar-refractivity contribution in [3.05, 3.63) is 101 Å². The van der Waals surface area contributed by atoms with Crippen molar-refractivity contribution >= 4 is 5.91 Å². The van der Waals surface area contributed by atoms with Crippen LogP contribution in [0.4, 0.5) is 8.78 Å². The molecule has 38 heavy (non-hydrogen) atoms. The maximum absolute atomic E-state index is 14.3. The molecule has 0 aromatic heterocycles. The Labute approximate surface area is 222 Å². The minimum atomic E-state index is -0.960. The second-order valence-electron chi connectivity index (χ2n) is 10.5. The highest BCUT2D eigenvalue weighted by Crippen LogP contribution is 2.40. The Hall–Kier alpha value is -3.76. The van der Waals surface area contributed by atoms with Gasteiger partial charge < -0.3 is 10.5 Å². The fourth-order valence-corrected chi connectivity index (χ4v) is 5.42. The lowest BCUT2D eigenvalue weighted by Gasteiger charge is -2.44. The number of likely N-dealkylation sites (tertiary alicyclic amines) is 1. The summed E-state index contributed by atoms with van der Waals surface area (Å²) >= 11 is 0. The number of benzene rings is 3. The van der Waals surface area contributed by atoms with Gasteiger partial charge in [0.1, 0.15) is 18.0 Å². The Kier molecular flexibility index (Phi) is 8.13. The third kappa shape index (κ3) is 5.56. The van der Waals surface area contributed by atoms with E-state index in [2.05, 4.69) is 18.7 Å². The average Bonchev–Trinajstić information content (AvgIpc) is 2.92. The highest BCUT2D eigenvalue weighted by atomic mass is 19.1. The number of halogens is 2. The van der Waals surface area contributed by atoms with Crippen molar-refractivity contribution in [3.63, 3.8) is 0 Å². The van der Waals surface area contributed by atoms with Gasteiger partial charge in [0, 0.05) is 24.7 Å². The van der Waals surface area contributed by atoms with Crippen LogP contribution in [0.25, 0.3) is 0 Å². The van der Waals surface area contributed by atoms with Crippen LogP contribution in [0.3, 0.4) is 0 Å². The van der Waals surface area contributed by atoms with Gasteiger partial charge in [-0.05, 0) is 56.7 Å². The Balaban J connectivity index is 1.47. The zero-order valence-corrected chi connectivity index (χ0v) is 21.8. The van der Waals surface area contributed by atoms with Crippen molar-refractivity contribution in [2.24, 2.45) is 5.73 Å². The summed E-state index contributed by atoms with van der Waals surface area (Å²) in [6.45, 7) is 5.73. The number of hydrogen-bond donors (Lipinski definition) is 1. The summed E-state index contributed by atoms with van der Waals surface area (Å²) in [7, 11) is 0. The topological polar surface area (TPSA) is 79.3 Å². The van der Waals surface area contributed by atoms with Crippen LogP contribution in [0.15, 0.2) is 72.8 Å². The first-order valence-corrected chi connectivity index (χ1v) is 12.9. The highest BCUT2D eigenvalue weighted by molar-refractivity contribution is 5.90. The van der Waals surface area contributed by atoms with Crippen LogP contribution in [0.1, 0.15) is 56.2 Å². The summed E-state index contributed by atoms with van der Waals surface area (Å²) in [6, 6.07) is 22.8. The summed E-state index contributed by atoms with van der Waals surface area (Å²) < 4.78 is 34.1. The largest absolute Gasteiger partial charge is 0.487 e. The van der Waals surface area contributed by atoms with E-state index in [1.165, 1.54) is 0 Å². The number of rotatable bonds is 9. The number of carbonyl (C=O) groups excluding carboxylic acids is 1. The van der Waals surface area contributed by atoms with Gasteiger partial charge in [-0.15, -0.1) is 0 Å². The molecule has 0 radical (unpaired) electrons. The fourth-order valence-electron chi connectivity index (χ4n) is 5.42. The van der Waals surface area contributed by atoms with E-state index in [-0.39, 0.29) is 28.9 Å². The zero-order chi connectivity index (χ0) is 27.3. The van der Waals surface area contributed by atoms with Crippen molar-refractivity contribution in [3.8, 4) is 11.8 Å². The molecule has 0 atom stereocenters. The number of nitrogens with zero attached hydrogens (tertiary/aromatic N) is 2. The van der Waals surface area contributed by atoms with Crippen molar-refractivity contribution < 1.29 is 18.3 Å². The molecule has 2 N–H and O–H groups in total. The minimum Gasteiger partial charge on any atom is -0.487 e. The summed E-state index contributed by atoms with van der Waals surface area (Å²) in [5.74, 6) is -2.08. The van der Waals surface area contributed by atoms with Gasteiger partial charge in [-0.2, -0.15) is 5.26 Å². The highest BCUT2D eigenvalue weighted by Gasteiger charge is 2.42. The van der Waals surface area contributed by atoms with Crippen molar-refractivity contribution in [1.82, 2.24) is 4.90 Å². The minimum absolute atomic E-state index is 0.170. The lowest BCUT2D eigenvalue weighted by atomic mass is 9.69. The predicted octanol–water partition coefficient (Wildman–Crippen LogP) is 5.71. The van der Waals surface area contributed by atoms with E-state index in [1.54, 1.807) is 6.07 Å². The molecule has 1 heterocycles. The molecule has 0 bridgehead atoms. The number of piperidine rings is 1. The Morgan fingerprint density at radius 2 is 1.53 bits per heavy atom. The molecule has 0 spiro atoms. The van der Waals surface area contributed by atoms with E-state index in [1.807, 2.05) is 60.7 Å². The van der Waals surface area contributed by atoms with E-state index < -0.39 is 17.0 Å². The number of hydrogen-bond acceptors (Lipinski definition) is 4. The van der Waals surface area contributed by atoms with Crippen molar-refractivity contribution in [2.45, 2.75) is 56.6 Å². The van der Waals surface area contributed by atoms with Crippen LogP contribution < -0.4 is 10.5 Å². The van der Waals surface area contributed by atoms with Crippen molar-refractivity contribution in [2.75, 3.05) is 13.1 Å².